The summed E-state index contributed by atoms with van der Waals surface area (Å²) in [7, 11) is 0. The molecule has 0 saturated carbocycles. The van der Waals surface area contributed by atoms with Crippen LogP contribution in [0.5, 0.6) is 0 Å². The number of aliphatic carboxylic acids is 1. The van der Waals surface area contributed by atoms with E-state index in [1.807, 2.05) is 29.6 Å². The second kappa shape index (κ2) is 6.18. The molecular weight excluding hydrogens is 306 g/mol. The van der Waals surface area contributed by atoms with Gasteiger partial charge in [-0.3, -0.25) is 4.79 Å². The number of fused-ring (bicyclic) bond motifs is 1. The lowest BCUT2D eigenvalue weighted by atomic mass is 10.1. The third-order valence-corrected chi connectivity index (χ3v) is 5.07. The van der Waals surface area contributed by atoms with E-state index in [0.29, 0.717) is 0 Å². The number of thiophene rings is 1. The zero-order chi connectivity index (χ0) is 14.8. The van der Waals surface area contributed by atoms with Gasteiger partial charge in [0.25, 0.3) is 0 Å². The Balaban J connectivity index is 1.80. The molecule has 2 N–H and O–H groups in total. The average molecular weight is 322 g/mol. The second-order valence-corrected chi connectivity index (χ2v) is 6.68. The normalized spacial score (nSPS) is 18.4. The molecular formula is C16H16ClNO2S. The highest BCUT2D eigenvalue weighted by atomic mass is 35.5. The van der Waals surface area contributed by atoms with Crippen LogP contribution >= 0.6 is 22.9 Å². The van der Waals surface area contributed by atoms with Gasteiger partial charge in [0.05, 0.1) is 12.5 Å². The van der Waals surface area contributed by atoms with Crippen LogP contribution in [0.3, 0.4) is 0 Å². The van der Waals surface area contributed by atoms with Gasteiger partial charge in [-0.05, 0) is 47.5 Å². The quantitative estimate of drug-likeness (QED) is 0.868. The van der Waals surface area contributed by atoms with E-state index in [-0.39, 0.29) is 18.5 Å². The monoisotopic (exact) mass is 321 g/mol. The fourth-order valence-electron chi connectivity index (χ4n) is 2.91. The number of halogens is 1. The highest BCUT2D eigenvalue weighted by Gasteiger charge is 2.27. The average Bonchev–Trinajstić information content (AvgIpc) is 3.07. The fourth-order valence-corrected chi connectivity index (χ4v) is 3.89. The predicted octanol–water partition coefficient (Wildman–Crippen LogP) is 4.19. The summed E-state index contributed by atoms with van der Waals surface area (Å²) >= 11 is 7.62. The molecule has 0 aliphatic heterocycles. The molecule has 0 fully saturated rings. The van der Waals surface area contributed by atoms with Gasteiger partial charge in [0.15, 0.2) is 0 Å². The number of rotatable bonds is 5. The molecule has 110 valence electrons. The highest BCUT2D eigenvalue weighted by Crippen LogP contribution is 2.35. The van der Waals surface area contributed by atoms with Crippen molar-refractivity contribution in [3.63, 3.8) is 0 Å². The molecule has 1 aliphatic rings. The lowest BCUT2D eigenvalue weighted by molar-refractivity contribution is -0.137. The van der Waals surface area contributed by atoms with E-state index in [2.05, 4.69) is 11.4 Å². The van der Waals surface area contributed by atoms with Crippen molar-refractivity contribution in [2.24, 2.45) is 0 Å². The summed E-state index contributed by atoms with van der Waals surface area (Å²) < 4.78 is 0. The van der Waals surface area contributed by atoms with E-state index in [4.69, 9.17) is 16.7 Å². The van der Waals surface area contributed by atoms with E-state index in [0.717, 1.165) is 22.7 Å². The molecule has 5 heteroatoms. The number of benzene rings is 1. The van der Waals surface area contributed by atoms with Crippen LogP contribution in [-0.2, 0) is 11.2 Å². The van der Waals surface area contributed by atoms with Crippen molar-refractivity contribution in [2.45, 2.75) is 31.3 Å². The Morgan fingerprint density at radius 3 is 3.05 bits per heavy atom. The second-order valence-electron chi connectivity index (χ2n) is 5.27. The lowest BCUT2D eigenvalue weighted by Gasteiger charge is -2.21. The Morgan fingerprint density at radius 2 is 2.33 bits per heavy atom. The van der Waals surface area contributed by atoms with E-state index >= 15 is 0 Å². The molecule has 2 unspecified atom stereocenters. The van der Waals surface area contributed by atoms with Crippen molar-refractivity contribution in [2.75, 3.05) is 0 Å². The maximum absolute atomic E-state index is 11.1. The maximum atomic E-state index is 11.1. The van der Waals surface area contributed by atoms with Crippen LogP contribution < -0.4 is 5.32 Å². The van der Waals surface area contributed by atoms with Crippen molar-refractivity contribution < 1.29 is 9.90 Å². The van der Waals surface area contributed by atoms with Crippen molar-refractivity contribution in [1.29, 1.82) is 0 Å². The molecule has 1 aromatic carbocycles. The van der Waals surface area contributed by atoms with E-state index < -0.39 is 5.97 Å². The standard InChI is InChI=1S/C16H16ClNO2S/c17-11-4-5-12-10(8-11)3-6-13(12)18-14(9-16(19)20)15-2-1-7-21-15/h1-2,4-5,7-8,13-14,18H,3,6,9H2,(H,19,20). The summed E-state index contributed by atoms with van der Waals surface area (Å²) in [5.74, 6) is -0.782. The van der Waals surface area contributed by atoms with Gasteiger partial charge in [0.1, 0.15) is 0 Å². The SMILES string of the molecule is O=C(O)CC(NC1CCc2cc(Cl)ccc21)c1cccs1. The van der Waals surface area contributed by atoms with Crippen LogP contribution in [0.2, 0.25) is 5.02 Å². The summed E-state index contributed by atoms with van der Waals surface area (Å²) in [5, 5.41) is 15.4. The van der Waals surface area contributed by atoms with Gasteiger partial charge in [0.2, 0.25) is 0 Å². The molecule has 0 amide bonds. The highest BCUT2D eigenvalue weighted by molar-refractivity contribution is 7.10. The molecule has 21 heavy (non-hydrogen) atoms. The zero-order valence-corrected chi connectivity index (χ0v) is 13.0. The number of hydrogen-bond acceptors (Lipinski definition) is 3. The van der Waals surface area contributed by atoms with Crippen LogP contribution in [0, 0.1) is 0 Å². The van der Waals surface area contributed by atoms with Crippen molar-refractivity contribution in [1.82, 2.24) is 5.32 Å². The third kappa shape index (κ3) is 3.28. The molecule has 1 aromatic heterocycles. The summed E-state index contributed by atoms with van der Waals surface area (Å²) in [6, 6.07) is 9.96. The first-order valence-electron chi connectivity index (χ1n) is 6.93. The lowest BCUT2D eigenvalue weighted by Crippen LogP contribution is -2.26. The molecule has 1 heterocycles. The Labute approximate surface area is 132 Å². The van der Waals surface area contributed by atoms with E-state index in [9.17, 15) is 4.79 Å². The number of carboxylic acid groups (broad SMARTS) is 1. The third-order valence-electron chi connectivity index (χ3n) is 3.85. The van der Waals surface area contributed by atoms with Gasteiger partial charge in [-0.15, -0.1) is 11.3 Å². The summed E-state index contributed by atoms with van der Waals surface area (Å²) in [6.07, 6.45) is 2.06. The van der Waals surface area contributed by atoms with E-state index in [1.54, 1.807) is 11.3 Å². The molecule has 3 nitrogen and oxygen atoms in total. The number of nitrogens with one attached hydrogen (secondary N) is 1. The first-order valence-corrected chi connectivity index (χ1v) is 8.19. The van der Waals surface area contributed by atoms with Crippen LogP contribution in [0.15, 0.2) is 35.7 Å². The van der Waals surface area contributed by atoms with Gasteiger partial charge < -0.3 is 10.4 Å². The number of aryl methyl sites for hydroxylation is 1. The largest absolute Gasteiger partial charge is 0.481 e. The van der Waals surface area contributed by atoms with Crippen molar-refractivity contribution in [3.05, 3.63) is 56.7 Å². The number of hydrogen-bond donors (Lipinski definition) is 2. The molecule has 2 atom stereocenters. The van der Waals surface area contributed by atoms with Crippen LogP contribution in [0.25, 0.3) is 0 Å². The smallest absolute Gasteiger partial charge is 0.305 e. The van der Waals surface area contributed by atoms with Crippen molar-refractivity contribution in [3.8, 4) is 0 Å². The molecule has 1 aliphatic carbocycles. The molecule has 3 rings (SSSR count). The zero-order valence-electron chi connectivity index (χ0n) is 11.4. The van der Waals surface area contributed by atoms with E-state index in [1.165, 1.54) is 11.1 Å². The Morgan fingerprint density at radius 1 is 1.48 bits per heavy atom. The maximum Gasteiger partial charge on any atom is 0.305 e. The van der Waals surface area contributed by atoms with Gasteiger partial charge >= 0.3 is 5.97 Å². The minimum absolute atomic E-state index is 0.0972. The number of carboxylic acids is 1. The first kappa shape index (κ1) is 14.6. The van der Waals surface area contributed by atoms with Crippen LogP contribution in [0.4, 0.5) is 0 Å². The molecule has 2 aromatic rings. The predicted molar refractivity (Wildman–Crippen MR) is 85.0 cm³/mol. The Kier molecular flexibility index (Phi) is 4.29. The van der Waals surface area contributed by atoms with Gasteiger partial charge in [-0.2, -0.15) is 0 Å². The topological polar surface area (TPSA) is 49.3 Å². The summed E-state index contributed by atoms with van der Waals surface area (Å²) in [4.78, 5) is 12.2. The molecule has 0 radical (unpaired) electrons. The van der Waals surface area contributed by atoms with Crippen LogP contribution in [-0.4, -0.2) is 11.1 Å². The van der Waals surface area contributed by atoms with Gasteiger partial charge in [-0.1, -0.05) is 23.7 Å². The van der Waals surface area contributed by atoms with Gasteiger partial charge in [-0.25, -0.2) is 0 Å². The first-order chi connectivity index (χ1) is 10.1. The minimum Gasteiger partial charge on any atom is -0.481 e. The van der Waals surface area contributed by atoms with Gasteiger partial charge in [0, 0.05) is 15.9 Å². The summed E-state index contributed by atoms with van der Waals surface area (Å²) in [5.41, 5.74) is 2.51. The molecule has 0 saturated heterocycles. The fraction of sp³-hybridized carbons (Fsp3) is 0.312. The summed E-state index contributed by atoms with van der Waals surface area (Å²) in [6.45, 7) is 0. The minimum atomic E-state index is -0.782. The Hall–Kier alpha value is -1.36. The molecule has 0 bridgehead atoms. The number of carbonyl (C=O) groups is 1. The van der Waals surface area contributed by atoms with Crippen molar-refractivity contribution >= 4 is 28.9 Å². The Bertz CT molecular complexity index is 642. The molecule has 0 spiro atoms. The van der Waals surface area contributed by atoms with Crippen LogP contribution in [0.1, 0.15) is 40.9 Å².